The first-order valence-electron chi connectivity index (χ1n) is 9.44. The second-order valence-electron chi connectivity index (χ2n) is 6.54. The van der Waals surface area contributed by atoms with E-state index in [2.05, 4.69) is 16.0 Å². The minimum absolute atomic E-state index is 0.163. The van der Waals surface area contributed by atoms with Gasteiger partial charge in [-0.2, -0.15) is 10.5 Å². The predicted octanol–water partition coefficient (Wildman–Crippen LogP) is 4.06. The van der Waals surface area contributed by atoms with E-state index in [1.54, 1.807) is 16.8 Å². The topological polar surface area (TPSA) is 134 Å². The molecule has 0 aliphatic heterocycles. The summed E-state index contributed by atoms with van der Waals surface area (Å²) in [5, 5.41) is 29.0. The van der Waals surface area contributed by atoms with E-state index in [4.69, 9.17) is 26.2 Å². The molecule has 0 atom stereocenters. The van der Waals surface area contributed by atoms with Crippen LogP contribution in [0.15, 0.2) is 23.5 Å². The highest BCUT2D eigenvalue weighted by Gasteiger charge is 2.22. The van der Waals surface area contributed by atoms with Crippen molar-refractivity contribution in [3.8, 4) is 29.1 Å². The number of aromatic nitrogens is 3. The number of rotatable bonds is 9. The zero-order valence-electron chi connectivity index (χ0n) is 17.3. The van der Waals surface area contributed by atoms with Crippen molar-refractivity contribution >= 4 is 40.4 Å². The molecule has 9 nitrogen and oxygen atoms in total. The molecule has 0 saturated heterocycles. The number of fused-ring (bicyclic) bond motifs is 1. The highest BCUT2D eigenvalue weighted by atomic mass is 35.5. The summed E-state index contributed by atoms with van der Waals surface area (Å²) in [4.78, 5) is 20.1. The van der Waals surface area contributed by atoms with Crippen molar-refractivity contribution in [2.24, 2.45) is 0 Å². The molecule has 0 fully saturated rings. The highest BCUT2D eigenvalue weighted by Crippen LogP contribution is 2.38. The molecule has 3 aromatic rings. The summed E-state index contributed by atoms with van der Waals surface area (Å²) in [6, 6.07) is 7.19. The number of carboxylic acid groups (broad SMARTS) is 1. The van der Waals surface area contributed by atoms with Gasteiger partial charge in [-0.25, -0.2) is 9.97 Å². The molecule has 1 aromatic carbocycles. The Balaban J connectivity index is 2.30. The first kappa shape index (κ1) is 23.4. The Morgan fingerprint density at radius 2 is 2.03 bits per heavy atom. The molecular weight excluding hydrogens is 454 g/mol. The SMILES string of the molecule is CCCOCn1cc(C#N)c2c(-c3cc(OC)c(C#N)cc3Cl)nc(SCC(=O)O)nc21. The lowest BCUT2D eigenvalue weighted by Crippen LogP contribution is -2.05. The second-order valence-corrected chi connectivity index (χ2v) is 7.89. The van der Waals surface area contributed by atoms with E-state index in [9.17, 15) is 15.3 Å². The lowest BCUT2D eigenvalue weighted by atomic mass is 10.0. The Hall–Kier alpha value is -3.31. The number of methoxy groups -OCH3 is 1. The number of carbonyl (C=O) groups is 1. The van der Waals surface area contributed by atoms with Crippen LogP contribution in [0.5, 0.6) is 5.75 Å². The normalized spacial score (nSPS) is 10.7. The van der Waals surface area contributed by atoms with Crippen LogP contribution in [0, 0.1) is 22.7 Å². The molecule has 2 aromatic heterocycles. The molecular formula is C21H18ClN5O4S. The van der Waals surface area contributed by atoms with Crippen molar-refractivity contribution in [2.75, 3.05) is 19.5 Å². The van der Waals surface area contributed by atoms with Gasteiger partial charge in [-0.15, -0.1) is 0 Å². The number of benzene rings is 1. The summed E-state index contributed by atoms with van der Waals surface area (Å²) in [6.45, 7) is 2.67. The monoisotopic (exact) mass is 471 g/mol. The fourth-order valence-corrected chi connectivity index (χ4v) is 3.85. The van der Waals surface area contributed by atoms with Gasteiger partial charge in [0.05, 0.1) is 40.1 Å². The first-order chi connectivity index (χ1) is 15.4. The summed E-state index contributed by atoms with van der Waals surface area (Å²) in [7, 11) is 1.43. The number of thioether (sulfide) groups is 1. The maximum Gasteiger partial charge on any atom is 0.313 e. The minimum Gasteiger partial charge on any atom is -0.495 e. The fraction of sp³-hybridized carbons (Fsp3) is 0.286. The number of ether oxygens (including phenoxy) is 2. The maximum absolute atomic E-state index is 11.1. The number of carboxylic acids is 1. The van der Waals surface area contributed by atoms with Crippen LogP contribution in [0.2, 0.25) is 5.02 Å². The van der Waals surface area contributed by atoms with E-state index >= 15 is 0 Å². The third-order valence-electron chi connectivity index (χ3n) is 4.38. The smallest absolute Gasteiger partial charge is 0.313 e. The number of hydrogen-bond acceptors (Lipinski definition) is 8. The molecule has 0 spiro atoms. The van der Waals surface area contributed by atoms with Crippen molar-refractivity contribution in [2.45, 2.75) is 25.2 Å². The third-order valence-corrected chi connectivity index (χ3v) is 5.53. The van der Waals surface area contributed by atoms with E-state index in [1.807, 2.05) is 13.0 Å². The van der Waals surface area contributed by atoms with Crippen LogP contribution in [0.25, 0.3) is 22.3 Å². The van der Waals surface area contributed by atoms with Crippen molar-refractivity contribution < 1.29 is 19.4 Å². The number of nitrogens with zero attached hydrogens (tertiary/aromatic N) is 5. The summed E-state index contributed by atoms with van der Waals surface area (Å²) in [5.74, 6) is -0.964. The van der Waals surface area contributed by atoms with Gasteiger partial charge in [0.2, 0.25) is 0 Å². The average molecular weight is 472 g/mol. The van der Waals surface area contributed by atoms with Gasteiger partial charge in [0.15, 0.2) is 5.16 Å². The van der Waals surface area contributed by atoms with Gasteiger partial charge in [-0.3, -0.25) is 4.79 Å². The second kappa shape index (κ2) is 10.3. The number of halogens is 1. The van der Waals surface area contributed by atoms with Crippen molar-refractivity contribution in [3.63, 3.8) is 0 Å². The minimum atomic E-state index is -1.02. The zero-order chi connectivity index (χ0) is 23.3. The summed E-state index contributed by atoms with van der Waals surface area (Å²) in [5.41, 5.74) is 1.73. The molecule has 0 amide bonds. The molecule has 1 N–H and O–H groups in total. The Bertz CT molecular complexity index is 1260. The largest absolute Gasteiger partial charge is 0.495 e. The first-order valence-corrected chi connectivity index (χ1v) is 10.8. The van der Waals surface area contributed by atoms with Crippen LogP contribution in [0.4, 0.5) is 0 Å². The summed E-state index contributed by atoms with van der Waals surface area (Å²) >= 11 is 7.42. The van der Waals surface area contributed by atoms with Crippen LogP contribution < -0.4 is 4.74 Å². The number of aliphatic carboxylic acids is 1. The van der Waals surface area contributed by atoms with Gasteiger partial charge in [0.1, 0.15) is 30.3 Å². The maximum atomic E-state index is 11.1. The Labute approximate surface area is 193 Å². The van der Waals surface area contributed by atoms with Crippen molar-refractivity contribution in [1.82, 2.24) is 14.5 Å². The highest BCUT2D eigenvalue weighted by molar-refractivity contribution is 7.99. The summed E-state index contributed by atoms with van der Waals surface area (Å²) < 4.78 is 12.6. The van der Waals surface area contributed by atoms with Crippen LogP contribution >= 0.6 is 23.4 Å². The van der Waals surface area contributed by atoms with Gasteiger partial charge in [0.25, 0.3) is 0 Å². The van der Waals surface area contributed by atoms with E-state index in [-0.39, 0.29) is 28.2 Å². The zero-order valence-corrected chi connectivity index (χ0v) is 18.8. The lowest BCUT2D eigenvalue weighted by Gasteiger charge is -2.12. The lowest BCUT2D eigenvalue weighted by molar-refractivity contribution is -0.133. The molecule has 164 valence electrons. The molecule has 0 unspecified atom stereocenters. The molecule has 0 aliphatic carbocycles. The molecule has 0 bridgehead atoms. The van der Waals surface area contributed by atoms with Gasteiger partial charge < -0.3 is 19.1 Å². The van der Waals surface area contributed by atoms with Crippen LogP contribution in [0.3, 0.4) is 0 Å². The third kappa shape index (κ3) is 4.78. The average Bonchev–Trinajstić information content (AvgIpc) is 3.15. The van der Waals surface area contributed by atoms with Crippen LogP contribution in [-0.4, -0.2) is 45.1 Å². The molecule has 0 saturated carbocycles. The summed E-state index contributed by atoms with van der Waals surface area (Å²) in [6.07, 6.45) is 2.43. The van der Waals surface area contributed by atoms with Gasteiger partial charge >= 0.3 is 5.97 Å². The Kier molecular flexibility index (Phi) is 7.54. The van der Waals surface area contributed by atoms with Crippen molar-refractivity contribution in [3.05, 3.63) is 34.5 Å². The molecule has 0 aliphatic rings. The van der Waals surface area contributed by atoms with Gasteiger partial charge in [0, 0.05) is 18.4 Å². The van der Waals surface area contributed by atoms with E-state index in [0.717, 1.165) is 18.2 Å². The Morgan fingerprint density at radius 1 is 1.28 bits per heavy atom. The predicted molar refractivity (Wildman–Crippen MR) is 119 cm³/mol. The van der Waals surface area contributed by atoms with E-state index in [1.165, 1.54) is 13.2 Å². The van der Waals surface area contributed by atoms with Crippen LogP contribution in [-0.2, 0) is 16.3 Å². The van der Waals surface area contributed by atoms with E-state index in [0.29, 0.717) is 40.2 Å². The number of nitriles is 2. The molecule has 11 heteroatoms. The van der Waals surface area contributed by atoms with Crippen LogP contribution in [0.1, 0.15) is 24.5 Å². The molecule has 32 heavy (non-hydrogen) atoms. The van der Waals surface area contributed by atoms with Crippen molar-refractivity contribution in [1.29, 1.82) is 10.5 Å². The Morgan fingerprint density at radius 3 is 2.66 bits per heavy atom. The van der Waals surface area contributed by atoms with Gasteiger partial charge in [-0.05, 0) is 18.6 Å². The van der Waals surface area contributed by atoms with Gasteiger partial charge in [-0.1, -0.05) is 30.3 Å². The standard InChI is InChI=1S/C21H18ClN5O4S/c1-3-4-31-11-27-9-13(8-24)18-19(25-21(26-20(18)27)32-10-17(28)29)14-6-16(30-2)12(7-23)5-15(14)22/h5-6,9H,3-4,10-11H2,1-2H3,(H,28,29). The van der Waals surface area contributed by atoms with E-state index < -0.39 is 5.97 Å². The molecule has 0 radical (unpaired) electrons. The quantitative estimate of drug-likeness (QED) is 0.278. The fourth-order valence-electron chi connectivity index (χ4n) is 3.03. The number of hydrogen-bond donors (Lipinski definition) is 1. The molecule has 2 heterocycles. The molecule has 3 rings (SSSR count).